The van der Waals surface area contributed by atoms with Crippen LogP contribution in [0.5, 0.6) is 0 Å². The van der Waals surface area contributed by atoms with Crippen LogP contribution in [0.15, 0.2) is 0 Å². The predicted octanol–water partition coefficient (Wildman–Crippen LogP) is 1.27. The van der Waals surface area contributed by atoms with Crippen LogP contribution in [0.4, 0.5) is 0 Å². The van der Waals surface area contributed by atoms with Gasteiger partial charge in [-0.05, 0) is 25.7 Å². The molecule has 0 radical (unpaired) electrons. The first-order valence-electron chi connectivity index (χ1n) is 5.83. The molecule has 84 valence electrons. The van der Waals surface area contributed by atoms with Crippen LogP contribution in [0.25, 0.3) is 0 Å². The Morgan fingerprint density at radius 3 is 2.57 bits per heavy atom. The second-order valence-electron chi connectivity index (χ2n) is 4.21. The molecule has 0 aromatic heterocycles. The molecule has 3 N–H and O–H groups in total. The highest BCUT2D eigenvalue weighted by atomic mass is 16.5. The maximum atomic E-state index is 5.81. The average Bonchev–Trinajstić information content (AvgIpc) is 2.74. The summed E-state index contributed by atoms with van der Waals surface area (Å²) in [6.07, 6.45) is 5.00. The van der Waals surface area contributed by atoms with E-state index in [2.05, 4.69) is 19.2 Å². The Balaban J connectivity index is 2.31. The van der Waals surface area contributed by atoms with E-state index >= 15 is 0 Å². The zero-order valence-corrected chi connectivity index (χ0v) is 9.51. The molecule has 0 bridgehead atoms. The van der Waals surface area contributed by atoms with Crippen molar-refractivity contribution in [2.24, 2.45) is 5.73 Å². The molecule has 1 unspecified atom stereocenters. The van der Waals surface area contributed by atoms with E-state index in [1.807, 2.05) is 0 Å². The second kappa shape index (κ2) is 5.69. The highest BCUT2D eigenvalue weighted by Gasteiger charge is 2.25. The van der Waals surface area contributed by atoms with Crippen molar-refractivity contribution in [3.63, 3.8) is 0 Å². The first-order chi connectivity index (χ1) is 6.76. The van der Waals surface area contributed by atoms with Crippen LogP contribution in [0.3, 0.4) is 0 Å². The maximum absolute atomic E-state index is 5.81. The molecule has 0 aliphatic carbocycles. The van der Waals surface area contributed by atoms with Gasteiger partial charge in [-0.15, -0.1) is 0 Å². The zero-order valence-electron chi connectivity index (χ0n) is 9.51. The molecule has 1 saturated heterocycles. The van der Waals surface area contributed by atoms with Crippen molar-refractivity contribution in [1.82, 2.24) is 5.32 Å². The Hall–Kier alpha value is -0.120. The van der Waals surface area contributed by atoms with Crippen LogP contribution in [0.2, 0.25) is 0 Å². The lowest BCUT2D eigenvalue weighted by Crippen LogP contribution is -2.52. The zero-order chi connectivity index (χ0) is 10.4. The van der Waals surface area contributed by atoms with Gasteiger partial charge in [0.2, 0.25) is 0 Å². The van der Waals surface area contributed by atoms with Gasteiger partial charge in [0.05, 0.1) is 6.10 Å². The fraction of sp³-hybridized carbons (Fsp3) is 1.00. The van der Waals surface area contributed by atoms with Crippen LogP contribution in [-0.2, 0) is 4.74 Å². The maximum Gasteiger partial charge on any atom is 0.0700 e. The normalized spacial score (nSPS) is 22.9. The SMILES string of the molecule is CCC(CC)(CN)NCC1CCCO1. The molecule has 0 spiro atoms. The Bertz CT molecular complexity index is 143. The monoisotopic (exact) mass is 200 g/mol. The highest BCUT2D eigenvalue weighted by molar-refractivity contribution is 4.87. The summed E-state index contributed by atoms with van der Waals surface area (Å²) in [4.78, 5) is 0. The third-order valence-corrected chi connectivity index (χ3v) is 3.47. The lowest BCUT2D eigenvalue weighted by molar-refractivity contribution is 0.0997. The molecular formula is C11H24N2O. The molecule has 1 fully saturated rings. The van der Waals surface area contributed by atoms with Gasteiger partial charge in [0, 0.05) is 25.2 Å². The summed E-state index contributed by atoms with van der Waals surface area (Å²) in [5, 5.41) is 3.57. The molecule has 3 nitrogen and oxygen atoms in total. The molecule has 0 saturated carbocycles. The summed E-state index contributed by atoms with van der Waals surface area (Å²) in [5.74, 6) is 0. The first-order valence-corrected chi connectivity index (χ1v) is 5.83. The third-order valence-electron chi connectivity index (χ3n) is 3.47. The Morgan fingerprint density at radius 1 is 1.43 bits per heavy atom. The fourth-order valence-electron chi connectivity index (χ4n) is 2.00. The number of nitrogens with one attached hydrogen (secondary N) is 1. The molecule has 0 amide bonds. The molecule has 3 heteroatoms. The van der Waals surface area contributed by atoms with Gasteiger partial charge in [-0.25, -0.2) is 0 Å². The summed E-state index contributed by atoms with van der Waals surface area (Å²) in [7, 11) is 0. The summed E-state index contributed by atoms with van der Waals surface area (Å²) in [5.41, 5.74) is 5.94. The van der Waals surface area contributed by atoms with Gasteiger partial charge in [-0.2, -0.15) is 0 Å². The van der Waals surface area contributed by atoms with E-state index in [4.69, 9.17) is 10.5 Å². The minimum absolute atomic E-state index is 0.131. The van der Waals surface area contributed by atoms with E-state index < -0.39 is 0 Å². The predicted molar refractivity (Wildman–Crippen MR) is 59.3 cm³/mol. The number of nitrogens with two attached hydrogens (primary N) is 1. The molecule has 1 heterocycles. The minimum Gasteiger partial charge on any atom is -0.377 e. The molecule has 1 aliphatic heterocycles. The number of hydrogen-bond donors (Lipinski definition) is 2. The van der Waals surface area contributed by atoms with E-state index in [0.29, 0.717) is 12.6 Å². The Labute approximate surface area is 87.4 Å². The van der Waals surface area contributed by atoms with Gasteiger partial charge in [0.15, 0.2) is 0 Å². The number of rotatable bonds is 6. The molecular weight excluding hydrogens is 176 g/mol. The largest absolute Gasteiger partial charge is 0.377 e. The van der Waals surface area contributed by atoms with Crippen molar-refractivity contribution in [1.29, 1.82) is 0 Å². The van der Waals surface area contributed by atoms with Crippen molar-refractivity contribution in [3.8, 4) is 0 Å². The van der Waals surface area contributed by atoms with E-state index in [1.54, 1.807) is 0 Å². The summed E-state index contributed by atoms with van der Waals surface area (Å²) in [6.45, 7) is 6.99. The quantitative estimate of drug-likeness (QED) is 0.679. The number of hydrogen-bond acceptors (Lipinski definition) is 3. The van der Waals surface area contributed by atoms with Crippen molar-refractivity contribution >= 4 is 0 Å². The Kier molecular flexibility index (Phi) is 4.85. The standard InChI is InChI=1S/C11H24N2O/c1-3-11(4-2,9-12)13-8-10-6-5-7-14-10/h10,13H,3-9,12H2,1-2H3. The second-order valence-corrected chi connectivity index (χ2v) is 4.21. The van der Waals surface area contributed by atoms with Gasteiger partial charge in [-0.1, -0.05) is 13.8 Å². The smallest absolute Gasteiger partial charge is 0.0700 e. The lowest BCUT2D eigenvalue weighted by atomic mass is 9.92. The third kappa shape index (κ3) is 2.94. The van der Waals surface area contributed by atoms with Gasteiger partial charge >= 0.3 is 0 Å². The van der Waals surface area contributed by atoms with Crippen molar-refractivity contribution in [3.05, 3.63) is 0 Å². The molecule has 0 aromatic rings. The topological polar surface area (TPSA) is 47.3 Å². The van der Waals surface area contributed by atoms with Crippen LogP contribution in [-0.4, -0.2) is 31.3 Å². The molecule has 0 aromatic carbocycles. The summed E-state index contributed by atoms with van der Waals surface area (Å²) < 4.78 is 5.58. The van der Waals surface area contributed by atoms with Crippen molar-refractivity contribution < 1.29 is 4.74 Å². The first kappa shape index (κ1) is 12.0. The van der Waals surface area contributed by atoms with E-state index in [1.165, 1.54) is 12.8 Å². The summed E-state index contributed by atoms with van der Waals surface area (Å²) in [6, 6.07) is 0. The minimum atomic E-state index is 0.131. The van der Waals surface area contributed by atoms with Crippen molar-refractivity contribution in [2.75, 3.05) is 19.7 Å². The van der Waals surface area contributed by atoms with E-state index in [-0.39, 0.29) is 5.54 Å². The van der Waals surface area contributed by atoms with Crippen LogP contribution < -0.4 is 11.1 Å². The fourth-order valence-corrected chi connectivity index (χ4v) is 2.00. The van der Waals surface area contributed by atoms with Crippen LogP contribution in [0, 0.1) is 0 Å². The van der Waals surface area contributed by atoms with Crippen LogP contribution >= 0.6 is 0 Å². The number of ether oxygens (including phenoxy) is 1. The molecule has 1 aliphatic rings. The molecule has 1 atom stereocenters. The molecule has 14 heavy (non-hydrogen) atoms. The van der Waals surface area contributed by atoms with Crippen molar-refractivity contribution in [2.45, 2.75) is 51.2 Å². The van der Waals surface area contributed by atoms with E-state index in [0.717, 1.165) is 26.0 Å². The lowest BCUT2D eigenvalue weighted by Gasteiger charge is -2.32. The van der Waals surface area contributed by atoms with Gasteiger partial charge < -0.3 is 15.8 Å². The van der Waals surface area contributed by atoms with Gasteiger partial charge in [-0.3, -0.25) is 0 Å². The van der Waals surface area contributed by atoms with E-state index in [9.17, 15) is 0 Å². The van der Waals surface area contributed by atoms with Gasteiger partial charge in [0.1, 0.15) is 0 Å². The highest BCUT2D eigenvalue weighted by Crippen LogP contribution is 2.16. The van der Waals surface area contributed by atoms with Gasteiger partial charge in [0.25, 0.3) is 0 Å². The molecule has 1 rings (SSSR count). The summed E-state index contributed by atoms with van der Waals surface area (Å²) >= 11 is 0. The van der Waals surface area contributed by atoms with Crippen LogP contribution in [0.1, 0.15) is 39.5 Å². The average molecular weight is 200 g/mol. The Morgan fingerprint density at radius 2 is 2.14 bits per heavy atom.